The maximum absolute atomic E-state index is 12.8. The molecule has 2 heterocycles. The van der Waals surface area contributed by atoms with E-state index in [9.17, 15) is 4.79 Å². The minimum absolute atomic E-state index is 0.104. The third-order valence-electron chi connectivity index (χ3n) is 5.53. The van der Waals surface area contributed by atoms with Crippen LogP contribution in [-0.2, 0) is 11.3 Å². The van der Waals surface area contributed by atoms with Crippen LogP contribution in [0.3, 0.4) is 0 Å². The van der Waals surface area contributed by atoms with E-state index in [4.69, 9.17) is 9.84 Å². The average Bonchev–Trinajstić information content (AvgIpc) is 3.28. The van der Waals surface area contributed by atoms with Gasteiger partial charge in [0.05, 0.1) is 39.4 Å². The van der Waals surface area contributed by atoms with Gasteiger partial charge in [-0.2, -0.15) is 5.10 Å². The molecule has 3 aromatic carbocycles. The number of hydrogen-bond donors (Lipinski definition) is 0. The normalized spacial score (nSPS) is 11.0. The summed E-state index contributed by atoms with van der Waals surface area (Å²) in [5, 5.41) is 4.77. The number of esters is 1. The smallest absolute Gasteiger partial charge is 0.338 e. The fourth-order valence-electron chi connectivity index (χ4n) is 3.65. The van der Waals surface area contributed by atoms with Gasteiger partial charge in [0.25, 0.3) is 0 Å². The van der Waals surface area contributed by atoms with Crippen LogP contribution in [0.5, 0.6) is 0 Å². The summed E-state index contributed by atoms with van der Waals surface area (Å²) in [6.45, 7) is 3.93. The van der Waals surface area contributed by atoms with E-state index in [1.165, 1.54) is 0 Å². The number of ether oxygens (including phenoxy) is 1. The predicted molar refractivity (Wildman–Crippen MR) is 127 cm³/mol. The Balaban J connectivity index is 1.43. The van der Waals surface area contributed by atoms with E-state index >= 15 is 0 Å². The Kier molecular flexibility index (Phi) is 5.40. The Bertz CT molecular complexity index is 1440. The summed E-state index contributed by atoms with van der Waals surface area (Å²) < 4.78 is 7.50. The maximum atomic E-state index is 12.8. The van der Waals surface area contributed by atoms with Crippen LogP contribution in [0.4, 0.5) is 0 Å². The van der Waals surface area contributed by atoms with E-state index in [1.807, 2.05) is 85.4 Å². The summed E-state index contributed by atoms with van der Waals surface area (Å²) >= 11 is 0. The molecule has 0 N–H and O–H groups in total. The van der Waals surface area contributed by atoms with Crippen molar-refractivity contribution in [2.75, 3.05) is 0 Å². The fraction of sp³-hybridized carbons (Fsp3) is 0.111. The van der Waals surface area contributed by atoms with Crippen LogP contribution in [0.15, 0.2) is 85.1 Å². The van der Waals surface area contributed by atoms with Gasteiger partial charge in [-0.15, -0.1) is 0 Å². The van der Waals surface area contributed by atoms with Crippen molar-refractivity contribution in [3.05, 3.63) is 108 Å². The third kappa shape index (κ3) is 4.23. The van der Waals surface area contributed by atoms with Gasteiger partial charge in [0.2, 0.25) is 0 Å². The lowest BCUT2D eigenvalue weighted by molar-refractivity contribution is 0.0473. The Morgan fingerprint density at radius 3 is 2.24 bits per heavy atom. The Morgan fingerprint density at radius 2 is 1.52 bits per heavy atom. The molecule has 0 unspecified atom stereocenters. The molecule has 162 valence electrons. The molecule has 0 atom stereocenters. The van der Waals surface area contributed by atoms with Crippen LogP contribution in [0.1, 0.15) is 27.3 Å². The number of aryl methyl sites for hydroxylation is 2. The highest BCUT2D eigenvalue weighted by Crippen LogP contribution is 2.25. The van der Waals surface area contributed by atoms with Crippen molar-refractivity contribution in [3.63, 3.8) is 0 Å². The van der Waals surface area contributed by atoms with Crippen molar-refractivity contribution >= 4 is 17.0 Å². The number of rotatable bonds is 5. The van der Waals surface area contributed by atoms with Gasteiger partial charge in [-0.3, -0.25) is 0 Å². The van der Waals surface area contributed by atoms with Crippen molar-refractivity contribution in [1.29, 1.82) is 0 Å². The molecule has 2 aromatic heterocycles. The van der Waals surface area contributed by atoms with Crippen molar-refractivity contribution in [2.24, 2.45) is 0 Å². The second kappa shape index (κ2) is 8.67. The predicted octanol–water partition coefficient (Wildman–Crippen LogP) is 5.46. The monoisotopic (exact) mass is 434 g/mol. The lowest BCUT2D eigenvalue weighted by Crippen LogP contribution is -2.06. The van der Waals surface area contributed by atoms with Crippen LogP contribution in [0.25, 0.3) is 28.0 Å². The number of benzene rings is 3. The fourth-order valence-corrected chi connectivity index (χ4v) is 3.65. The highest BCUT2D eigenvalue weighted by atomic mass is 16.5. The van der Waals surface area contributed by atoms with Crippen LogP contribution in [0.2, 0.25) is 0 Å². The minimum Gasteiger partial charge on any atom is -0.457 e. The molecule has 0 fully saturated rings. The van der Waals surface area contributed by atoms with Crippen LogP contribution >= 0.6 is 0 Å². The number of hydrogen-bond acceptors (Lipinski definition) is 5. The first-order valence-electron chi connectivity index (χ1n) is 10.7. The Morgan fingerprint density at radius 1 is 0.848 bits per heavy atom. The number of carbonyl (C=O) groups is 1. The number of para-hydroxylation sites is 1. The van der Waals surface area contributed by atoms with Crippen LogP contribution in [0, 0.1) is 13.8 Å². The highest BCUT2D eigenvalue weighted by Gasteiger charge is 2.16. The molecule has 33 heavy (non-hydrogen) atoms. The molecule has 0 saturated heterocycles. The Labute approximate surface area is 191 Å². The molecule has 0 bridgehead atoms. The van der Waals surface area contributed by atoms with Gasteiger partial charge in [0.15, 0.2) is 0 Å². The third-order valence-corrected chi connectivity index (χ3v) is 5.53. The molecule has 0 aliphatic carbocycles. The zero-order valence-electron chi connectivity index (χ0n) is 18.4. The number of carbonyl (C=O) groups excluding carboxylic acids is 1. The van der Waals surface area contributed by atoms with Gasteiger partial charge >= 0.3 is 5.97 Å². The summed E-state index contributed by atoms with van der Waals surface area (Å²) in [4.78, 5) is 21.9. The second-order valence-electron chi connectivity index (χ2n) is 7.82. The lowest BCUT2D eigenvalue weighted by Gasteiger charge is -2.07. The summed E-state index contributed by atoms with van der Waals surface area (Å²) in [5.41, 5.74) is 7.09. The van der Waals surface area contributed by atoms with Crippen LogP contribution in [-0.4, -0.2) is 25.7 Å². The van der Waals surface area contributed by atoms with Crippen molar-refractivity contribution in [1.82, 2.24) is 19.7 Å². The zero-order valence-corrected chi connectivity index (χ0v) is 18.4. The van der Waals surface area contributed by atoms with Crippen molar-refractivity contribution in [3.8, 4) is 16.9 Å². The quantitative estimate of drug-likeness (QED) is 0.344. The zero-order chi connectivity index (χ0) is 22.8. The summed E-state index contributed by atoms with van der Waals surface area (Å²) in [7, 11) is 0. The second-order valence-corrected chi connectivity index (χ2v) is 7.82. The average molecular weight is 434 g/mol. The largest absolute Gasteiger partial charge is 0.457 e. The minimum atomic E-state index is -0.414. The molecule has 0 amide bonds. The maximum Gasteiger partial charge on any atom is 0.338 e. The molecule has 0 spiro atoms. The van der Waals surface area contributed by atoms with Crippen molar-refractivity contribution < 1.29 is 9.53 Å². The summed E-state index contributed by atoms with van der Waals surface area (Å²) in [5.74, 6) is -0.414. The molecule has 0 radical (unpaired) electrons. The summed E-state index contributed by atoms with van der Waals surface area (Å²) in [6.07, 6.45) is 1.91. The molecule has 0 aliphatic rings. The van der Waals surface area contributed by atoms with E-state index in [0.29, 0.717) is 11.1 Å². The number of nitrogens with zero attached hydrogens (tertiary/aromatic N) is 4. The molecular formula is C27H22N4O2. The molecular weight excluding hydrogens is 412 g/mol. The topological polar surface area (TPSA) is 69.9 Å². The van der Waals surface area contributed by atoms with Gasteiger partial charge < -0.3 is 4.74 Å². The van der Waals surface area contributed by atoms with Gasteiger partial charge in [-0.1, -0.05) is 48.5 Å². The Hall–Kier alpha value is -4.32. The number of aromatic nitrogens is 4. The first-order valence-corrected chi connectivity index (χ1v) is 10.7. The van der Waals surface area contributed by atoms with Gasteiger partial charge in [-0.25, -0.2) is 19.4 Å². The SMILES string of the molecule is Cc1nc2ccc(C(=O)OCc3cn(-c4ccccc4)nc3-c3ccccc3)cc2nc1C. The van der Waals surface area contributed by atoms with E-state index in [-0.39, 0.29) is 6.61 Å². The lowest BCUT2D eigenvalue weighted by atomic mass is 10.1. The van der Waals surface area contributed by atoms with Gasteiger partial charge in [0, 0.05) is 17.3 Å². The first kappa shape index (κ1) is 20.6. The molecule has 5 aromatic rings. The van der Waals surface area contributed by atoms with Crippen LogP contribution < -0.4 is 0 Å². The van der Waals surface area contributed by atoms with E-state index in [0.717, 1.165) is 39.4 Å². The number of fused-ring (bicyclic) bond motifs is 1. The van der Waals surface area contributed by atoms with Gasteiger partial charge in [0.1, 0.15) is 6.61 Å². The molecule has 0 aliphatic heterocycles. The first-order chi connectivity index (χ1) is 16.1. The van der Waals surface area contributed by atoms with E-state index < -0.39 is 5.97 Å². The van der Waals surface area contributed by atoms with E-state index in [1.54, 1.807) is 18.2 Å². The molecule has 6 nitrogen and oxygen atoms in total. The van der Waals surface area contributed by atoms with Crippen molar-refractivity contribution in [2.45, 2.75) is 20.5 Å². The molecule has 6 heteroatoms. The van der Waals surface area contributed by atoms with E-state index in [2.05, 4.69) is 9.97 Å². The summed E-state index contributed by atoms with van der Waals surface area (Å²) in [6, 6.07) is 25.0. The molecule has 0 saturated carbocycles. The molecule has 5 rings (SSSR count). The van der Waals surface area contributed by atoms with Gasteiger partial charge in [-0.05, 0) is 44.2 Å². The standard InChI is InChI=1S/C27H22N4O2/c1-18-19(2)29-25-15-21(13-14-24(25)28-18)27(32)33-17-22-16-31(23-11-7-4-8-12-23)30-26(22)20-9-5-3-6-10-20/h3-16H,17H2,1-2H3. The highest BCUT2D eigenvalue weighted by molar-refractivity contribution is 5.93.